The van der Waals surface area contributed by atoms with Crippen LogP contribution in [0.3, 0.4) is 0 Å². The molecule has 0 rings (SSSR count). The maximum absolute atomic E-state index is 5.75. The van der Waals surface area contributed by atoms with Gasteiger partial charge >= 0.3 is 0 Å². The van der Waals surface area contributed by atoms with Crippen molar-refractivity contribution in [2.75, 3.05) is 19.6 Å². The molecular weight excluding hydrogens is 162 g/mol. The molecule has 0 bridgehead atoms. The van der Waals surface area contributed by atoms with E-state index >= 15 is 0 Å². The Balaban J connectivity index is 3.89. The summed E-state index contributed by atoms with van der Waals surface area (Å²) in [6.45, 7) is 4.24. The van der Waals surface area contributed by atoms with Crippen LogP contribution < -0.4 is 17.2 Å². The van der Waals surface area contributed by atoms with Crippen LogP contribution in [-0.4, -0.2) is 19.6 Å². The van der Waals surface area contributed by atoms with Gasteiger partial charge in [-0.25, -0.2) is 0 Å². The molecule has 0 saturated heterocycles. The predicted octanol–water partition coefficient (Wildman–Crippen LogP) is 0.819. The molecule has 0 saturated carbocycles. The summed E-state index contributed by atoms with van der Waals surface area (Å²) in [5.41, 5.74) is 17.2. The van der Waals surface area contributed by atoms with Crippen molar-refractivity contribution in [2.45, 2.75) is 39.0 Å². The monoisotopic (exact) mass is 187 g/mol. The Hall–Kier alpha value is -0.120. The average Bonchev–Trinajstić information content (AvgIpc) is 2.17. The molecular formula is C10H25N3. The van der Waals surface area contributed by atoms with Gasteiger partial charge in [-0.15, -0.1) is 0 Å². The van der Waals surface area contributed by atoms with Crippen LogP contribution in [0.15, 0.2) is 0 Å². The van der Waals surface area contributed by atoms with Crippen molar-refractivity contribution in [2.24, 2.45) is 22.6 Å². The molecule has 0 radical (unpaired) electrons. The number of hydrogen-bond donors (Lipinski definition) is 3. The van der Waals surface area contributed by atoms with Crippen molar-refractivity contribution >= 4 is 0 Å². The molecule has 13 heavy (non-hydrogen) atoms. The van der Waals surface area contributed by atoms with Gasteiger partial charge in [-0.1, -0.05) is 26.2 Å². The number of rotatable bonds is 8. The molecule has 0 aromatic carbocycles. The van der Waals surface area contributed by atoms with E-state index in [1.54, 1.807) is 0 Å². The van der Waals surface area contributed by atoms with E-state index in [1.165, 1.54) is 19.3 Å². The van der Waals surface area contributed by atoms with E-state index in [0.29, 0.717) is 19.6 Å². The standard InChI is InChI=1S/C10H25N3/c1-2-3-4-5-10(8-12,9-13)6-7-11/h2-9,11-13H2,1H3. The van der Waals surface area contributed by atoms with Gasteiger partial charge in [-0.05, 0) is 37.9 Å². The van der Waals surface area contributed by atoms with Crippen LogP contribution >= 0.6 is 0 Å². The summed E-state index contributed by atoms with van der Waals surface area (Å²) in [5.74, 6) is 0. The minimum Gasteiger partial charge on any atom is -0.330 e. The van der Waals surface area contributed by atoms with Gasteiger partial charge in [-0.2, -0.15) is 0 Å². The molecule has 0 atom stereocenters. The number of unbranched alkanes of at least 4 members (excludes halogenated alkanes) is 2. The molecule has 0 amide bonds. The van der Waals surface area contributed by atoms with Crippen molar-refractivity contribution in [1.29, 1.82) is 0 Å². The second-order valence-corrected chi connectivity index (χ2v) is 3.90. The maximum atomic E-state index is 5.75. The highest BCUT2D eigenvalue weighted by atomic mass is 14.7. The van der Waals surface area contributed by atoms with Gasteiger partial charge in [0, 0.05) is 0 Å². The van der Waals surface area contributed by atoms with E-state index in [9.17, 15) is 0 Å². The lowest BCUT2D eigenvalue weighted by molar-refractivity contribution is 0.255. The van der Waals surface area contributed by atoms with Crippen molar-refractivity contribution in [3.05, 3.63) is 0 Å². The van der Waals surface area contributed by atoms with Crippen LogP contribution in [-0.2, 0) is 0 Å². The van der Waals surface area contributed by atoms with Gasteiger partial charge in [0.15, 0.2) is 0 Å². The zero-order valence-electron chi connectivity index (χ0n) is 8.89. The first-order chi connectivity index (χ1) is 6.24. The quantitative estimate of drug-likeness (QED) is 0.492. The normalized spacial score (nSPS) is 12.0. The SMILES string of the molecule is CCCCCC(CN)(CN)CCN. The molecule has 0 unspecified atom stereocenters. The molecule has 6 N–H and O–H groups in total. The summed E-state index contributed by atoms with van der Waals surface area (Å²) in [6, 6.07) is 0. The van der Waals surface area contributed by atoms with E-state index in [-0.39, 0.29) is 5.41 Å². The highest BCUT2D eigenvalue weighted by Gasteiger charge is 2.25. The van der Waals surface area contributed by atoms with Gasteiger partial charge in [-0.3, -0.25) is 0 Å². The third kappa shape index (κ3) is 4.60. The topological polar surface area (TPSA) is 78.1 Å². The number of nitrogens with two attached hydrogens (primary N) is 3. The Morgan fingerprint density at radius 3 is 1.92 bits per heavy atom. The lowest BCUT2D eigenvalue weighted by Crippen LogP contribution is -2.39. The van der Waals surface area contributed by atoms with Crippen molar-refractivity contribution in [3.8, 4) is 0 Å². The molecule has 80 valence electrons. The minimum absolute atomic E-state index is 0.115. The Bertz CT molecular complexity index is 111. The largest absolute Gasteiger partial charge is 0.330 e. The van der Waals surface area contributed by atoms with Crippen LogP contribution in [0.25, 0.3) is 0 Å². The molecule has 0 aromatic heterocycles. The third-order valence-electron chi connectivity index (χ3n) is 2.85. The van der Waals surface area contributed by atoms with E-state index in [2.05, 4.69) is 6.92 Å². The average molecular weight is 187 g/mol. The second kappa shape index (κ2) is 7.30. The van der Waals surface area contributed by atoms with E-state index in [4.69, 9.17) is 17.2 Å². The summed E-state index contributed by atoms with van der Waals surface area (Å²) in [5, 5.41) is 0. The lowest BCUT2D eigenvalue weighted by Gasteiger charge is -2.30. The molecule has 0 spiro atoms. The molecule has 0 fully saturated rings. The van der Waals surface area contributed by atoms with Crippen molar-refractivity contribution in [1.82, 2.24) is 0 Å². The molecule has 0 aromatic rings. The van der Waals surface area contributed by atoms with Gasteiger partial charge in [0.2, 0.25) is 0 Å². The van der Waals surface area contributed by atoms with Crippen molar-refractivity contribution in [3.63, 3.8) is 0 Å². The van der Waals surface area contributed by atoms with Crippen molar-refractivity contribution < 1.29 is 0 Å². The highest BCUT2D eigenvalue weighted by Crippen LogP contribution is 2.26. The van der Waals surface area contributed by atoms with Gasteiger partial charge in [0.05, 0.1) is 0 Å². The summed E-state index contributed by atoms with van der Waals surface area (Å²) in [4.78, 5) is 0. The molecule has 0 aliphatic carbocycles. The molecule has 3 nitrogen and oxygen atoms in total. The molecule has 0 aliphatic heterocycles. The van der Waals surface area contributed by atoms with Gasteiger partial charge < -0.3 is 17.2 Å². The predicted molar refractivity (Wildman–Crippen MR) is 58.4 cm³/mol. The minimum atomic E-state index is 0.115. The zero-order valence-corrected chi connectivity index (χ0v) is 8.89. The maximum Gasteiger partial charge on any atom is -0.000796 e. The van der Waals surface area contributed by atoms with Gasteiger partial charge in [0.25, 0.3) is 0 Å². The van der Waals surface area contributed by atoms with E-state index in [1.807, 2.05) is 0 Å². The summed E-state index contributed by atoms with van der Waals surface area (Å²) in [7, 11) is 0. The Morgan fingerprint density at radius 2 is 1.54 bits per heavy atom. The Kier molecular flexibility index (Phi) is 7.23. The van der Waals surface area contributed by atoms with E-state index in [0.717, 1.165) is 12.8 Å². The zero-order chi connectivity index (χ0) is 10.2. The summed E-state index contributed by atoms with van der Waals surface area (Å²) in [6.07, 6.45) is 5.83. The fourth-order valence-corrected chi connectivity index (χ4v) is 1.67. The molecule has 3 heteroatoms. The van der Waals surface area contributed by atoms with Crippen LogP contribution in [0, 0.1) is 5.41 Å². The fraction of sp³-hybridized carbons (Fsp3) is 1.00. The lowest BCUT2D eigenvalue weighted by atomic mass is 9.79. The van der Waals surface area contributed by atoms with Crippen LogP contribution in [0.1, 0.15) is 39.0 Å². The highest BCUT2D eigenvalue weighted by molar-refractivity contribution is 4.81. The van der Waals surface area contributed by atoms with Crippen LogP contribution in [0.2, 0.25) is 0 Å². The molecule has 0 heterocycles. The van der Waals surface area contributed by atoms with Crippen LogP contribution in [0.5, 0.6) is 0 Å². The number of hydrogen-bond acceptors (Lipinski definition) is 3. The first-order valence-electron chi connectivity index (χ1n) is 5.35. The second-order valence-electron chi connectivity index (χ2n) is 3.90. The Labute approximate surface area is 82.0 Å². The smallest absolute Gasteiger partial charge is 0.000796 e. The first-order valence-corrected chi connectivity index (χ1v) is 5.35. The fourth-order valence-electron chi connectivity index (χ4n) is 1.67. The summed E-state index contributed by atoms with van der Waals surface area (Å²) < 4.78 is 0. The third-order valence-corrected chi connectivity index (χ3v) is 2.85. The van der Waals surface area contributed by atoms with Crippen LogP contribution in [0.4, 0.5) is 0 Å². The van der Waals surface area contributed by atoms with Gasteiger partial charge in [0.1, 0.15) is 0 Å². The summed E-state index contributed by atoms with van der Waals surface area (Å²) >= 11 is 0. The van der Waals surface area contributed by atoms with E-state index < -0.39 is 0 Å². The Morgan fingerprint density at radius 1 is 0.923 bits per heavy atom. The molecule has 0 aliphatic rings. The first kappa shape index (κ1) is 12.9.